The maximum absolute atomic E-state index is 13.8. The molecule has 2 rings (SSSR count). The zero-order chi connectivity index (χ0) is 19.6. The van der Waals surface area contributed by atoms with Crippen LogP contribution in [0.25, 0.3) is 0 Å². The minimum absolute atomic E-state index is 0.258. The molecule has 26 heavy (non-hydrogen) atoms. The monoisotopic (exact) mass is 381 g/mol. The lowest BCUT2D eigenvalue weighted by molar-refractivity contribution is -0.143. The maximum atomic E-state index is 13.8. The average molecular weight is 381 g/mol. The van der Waals surface area contributed by atoms with E-state index >= 15 is 0 Å². The fourth-order valence-electron chi connectivity index (χ4n) is 2.20. The van der Waals surface area contributed by atoms with Gasteiger partial charge in [-0.3, -0.25) is 4.79 Å². The molecule has 1 amide bonds. The molecule has 0 aliphatic heterocycles. The van der Waals surface area contributed by atoms with E-state index in [1.165, 1.54) is 25.3 Å². The van der Waals surface area contributed by atoms with Crippen molar-refractivity contribution in [3.63, 3.8) is 0 Å². The SMILES string of the molecule is COc1ccccc1CC(=O)Nc1c(F)c(F)c(C(F)(F)F)c(F)c1F. The number of methoxy groups -OCH3 is 1. The van der Waals surface area contributed by atoms with Gasteiger partial charge in [-0.05, 0) is 6.07 Å². The van der Waals surface area contributed by atoms with Crippen molar-refractivity contribution in [1.82, 2.24) is 0 Å². The Labute approximate surface area is 142 Å². The number of carbonyl (C=O) groups excluding carboxylic acids is 1. The lowest BCUT2D eigenvalue weighted by atomic mass is 10.1. The van der Waals surface area contributed by atoms with E-state index in [0.717, 1.165) is 0 Å². The first-order valence-electron chi connectivity index (χ1n) is 6.92. The number of benzene rings is 2. The number of nitrogens with one attached hydrogen (secondary N) is 1. The van der Waals surface area contributed by atoms with Crippen LogP contribution in [-0.4, -0.2) is 13.0 Å². The smallest absolute Gasteiger partial charge is 0.422 e. The first kappa shape index (κ1) is 19.5. The second-order valence-electron chi connectivity index (χ2n) is 5.04. The van der Waals surface area contributed by atoms with Crippen LogP contribution in [0.2, 0.25) is 0 Å². The van der Waals surface area contributed by atoms with Crippen LogP contribution < -0.4 is 10.1 Å². The molecular weight excluding hydrogens is 371 g/mol. The fourth-order valence-corrected chi connectivity index (χ4v) is 2.20. The highest BCUT2D eigenvalue weighted by Crippen LogP contribution is 2.38. The summed E-state index contributed by atoms with van der Waals surface area (Å²) in [6, 6.07) is 6.05. The van der Waals surface area contributed by atoms with Gasteiger partial charge in [0.15, 0.2) is 23.3 Å². The predicted molar refractivity (Wildman–Crippen MR) is 76.6 cm³/mol. The number of para-hydroxylation sites is 1. The summed E-state index contributed by atoms with van der Waals surface area (Å²) in [4.78, 5) is 11.9. The van der Waals surface area contributed by atoms with Crippen LogP contribution in [0.3, 0.4) is 0 Å². The van der Waals surface area contributed by atoms with Crippen molar-refractivity contribution in [2.45, 2.75) is 12.6 Å². The number of carbonyl (C=O) groups is 1. The summed E-state index contributed by atoms with van der Waals surface area (Å²) in [7, 11) is 1.30. The van der Waals surface area contributed by atoms with Crippen LogP contribution >= 0.6 is 0 Å². The lowest BCUT2D eigenvalue weighted by Crippen LogP contribution is -2.21. The van der Waals surface area contributed by atoms with Gasteiger partial charge < -0.3 is 10.1 Å². The van der Waals surface area contributed by atoms with Gasteiger partial charge in [0.2, 0.25) is 5.91 Å². The Morgan fingerprint density at radius 2 is 1.54 bits per heavy atom. The summed E-state index contributed by atoms with van der Waals surface area (Å²) in [6.45, 7) is 0. The molecule has 0 fully saturated rings. The summed E-state index contributed by atoms with van der Waals surface area (Å²) in [6.07, 6.45) is -6.16. The van der Waals surface area contributed by atoms with E-state index in [9.17, 15) is 35.5 Å². The van der Waals surface area contributed by atoms with E-state index < -0.39 is 53.0 Å². The van der Waals surface area contributed by atoms with Crippen molar-refractivity contribution in [2.75, 3.05) is 12.4 Å². The Morgan fingerprint density at radius 3 is 2.04 bits per heavy atom. The third kappa shape index (κ3) is 3.73. The zero-order valence-corrected chi connectivity index (χ0v) is 13.0. The topological polar surface area (TPSA) is 38.3 Å². The summed E-state index contributed by atoms with van der Waals surface area (Å²) in [5.74, 6) is -10.9. The van der Waals surface area contributed by atoms with E-state index in [1.54, 1.807) is 11.4 Å². The van der Waals surface area contributed by atoms with Crippen molar-refractivity contribution >= 4 is 11.6 Å². The molecule has 10 heteroatoms. The van der Waals surface area contributed by atoms with Gasteiger partial charge >= 0.3 is 6.18 Å². The molecule has 0 radical (unpaired) electrons. The molecule has 0 atom stereocenters. The van der Waals surface area contributed by atoms with Gasteiger partial charge in [0.1, 0.15) is 17.0 Å². The molecule has 0 heterocycles. The first-order valence-corrected chi connectivity index (χ1v) is 6.92. The highest BCUT2D eigenvalue weighted by Gasteiger charge is 2.42. The summed E-state index contributed by atoms with van der Waals surface area (Å²) in [5, 5.41) is 1.55. The highest BCUT2D eigenvalue weighted by molar-refractivity contribution is 5.93. The molecule has 1 N–H and O–H groups in total. The van der Waals surface area contributed by atoms with Crippen LogP contribution in [0.1, 0.15) is 11.1 Å². The lowest BCUT2D eigenvalue weighted by Gasteiger charge is -2.15. The predicted octanol–water partition coefficient (Wildman–Crippen LogP) is 4.45. The van der Waals surface area contributed by atoms with Gasteiger partial charge in [0, 0.05) is 5.56 Å². The first-order chi connectivity index (χ1) is 12.1. The van der Waals surface area contributed by atoms with E-state index in [1.807, 2.05) is 0 Å². The Balaban J connectivity index is 2.37. The van der Waals surface area contributed by atoms with Gasteiger partial charge in [-0.2, -0.15) is 13.2 Å². The third-order valence-corrected chi connectivity index (χ3v) is 3.35. The van der Waals surface area contributed by atoms with E-state index in [2.05, 4.69) is 0 Å². The summed E-state index contributed by atoms with van der Waals surface area (Å²) in [5.41, 5.74) is -4.08. The van der Waals surface area contributed by atoms with Crippen LogP contribution in [0, 0.1) is 23.3 Å². The molecule has 0 spiro atoms. The minimum Gasteiger partial charge on any atom is -0.496 e. The average Bonchev–Trinajstić information content (AvgIpc) is 2.56. The molecule has 2 aromatic carbocycles. The van der Waals surface area contributed by atoms with Crippen molar-refractivity contribution < 1.29 is 40.3 Å². The van der Waals surface area contributed by atoms with Gasteiger partial charge in [-0.1, -0.05) is 18.2 Å². The van der Waals surface area contributed by atoms with E-state index in [-0.39, 0.29) is 11.3 Å². The van der Waals surface area contributed by atoms with Crippen molar-refractivity contribution in [2.24, 2.45) is 0 Å². The molecule has 0 unspecified atom stereocenters. The van der Waals surface area contributed by atoms with E-state index in [4.69, 9.17) is 4.74 Å². The van der Waals surface area contributed by atoms with Crippen LogP contribution in [0.5, 0.6) is 5.75 Å². The molecule has 0 aromatic heterocycles. The zero-order valence-electron chi connectivity index (χ0n) is 13.0. The molecule has 0 saturated heterocycles. The molecule has 3 nitrogen and oxygen atoms in total. The maximum Gasteiger partial charge on any atom is 0.422 e. The van der Waals surface area contributed by atoms with Gasteiger partial charge in [0.05, 0.1) is 13.5 Å². The van der Waals surface area contributed by atoms with E-state index in [0.29, 0.717) is 0 Å². The molecule has 2 aromatic rings. The largest absolute Gasteiger partial charge is 0.496 e. The summed E-state index contributed by atoms with van der Waals surface area (Å²) < 4.78 is 97.1. The number of hydrogen-bond donors (Lipinski definition) is 1. The minimum atomic E-state index is -5.66. The van der Waals surface area contributed by atoms with Crippen LogP contribution in [0.4, 0.5) is 36.4 Å². The Bertz CT molecular complexity index is 820. The third-order valence-electron chi connectivity index (χ3n) is 3.35. The quantitative estimate of drug-likeness (QED) is 0.628. The van der Waals surface area contributed by atoms with Gasteiger partial charge in [0.25, 0.3) is 0 Å². The van der Waals surface area contributed by atoms with Crippen LogP contribution in [0.15, 0.2) is 24.3 Å². The number of alkyl halides is 3. The molecule has 0 aliphatic carbocycles. The summed E-state index contributed by atoms with van der Waals surface area (Å²) >= 11 is 0. The molecular formula is C16H10F7NO2. The second kappa shape index (κ2) is 7.22. The molecule has 0 bridgehead atoms. The van der Waals surface area contributed by atoms with Gasteiger partial charge in [-0.25, -0.2) is 17.6 Å². The van der Waals surface area contributed by atoms with Crippen molar-refractivity contribution in [3.8, 4) is 5.75 Å². The normalized spacial score (nSPS) is 11.4. The standard InChI is InChI=1S/C16H10F7NO2/c1-26-8-5-3-2-4-7(8)6-9(25)24-15-13(19)11(17)10(16(21,22)23)12(18)14(15)20/h2-5H,6H2,1H3,(H,24,25). The fraction of sp³-hybridized carbons (Fsp3) is 0.188. The Kier molecular flexibility index (Phi) is 5.43. The van der Waals surface area contributed by atoms with Crippen LogP contribution in [-0.2, 0) is 17.4 Å². The number of hydrogen-bond acceptors (Lipinski definition) is 2. The molecule has 140 valence electrons. The van der Waals surface area contributed by atoms with Crippen molar-refractivity contribution in [1.29, 1.82) is 0 Å². The number of halogens is 7. The van der Waals surface area contributed by atoms with Crippen molar-refractivity contribution in [3.05, 3.63) is 58.7 Å². The van der Waals surface area contributed by atoms with Gasteiger partial charge in [-0.15, -0.1) is 0 Å². The second-order valence-corrected chi connectivity index (χ2v) is 5.04. The number of ether oxygens (including phenoxy) is 1. The number of rotatable bonds is 4. The Hall–Kier alpha value is -2.78. The number of anilines is 1. The molecule has 0 saturated carbocycles. The number of amides is 1. The Morgan fingerprint density at radius 1 is 1.00 bits per heavy atom. The molecule has 0 aliphatic rings. The highest BCUT2D eigenvalue weighted by atomic mass is 19.4.